The van der Waals surface area contributed by atoms with Gasteiger partial charge < -0.3 is 9.47 Å². The van der Waals surface area contributed by atoms with Crippen LogP contribution >= 0.6 is 15.9 Å². The number of rotatable bonds is 7. The molecule has 0 aliphatic carbocycles. The number of halogens is 3. The number of methoxy groups -OCH3 is 1. The monoisotopic (exact) mass is 499 g/mol. The average molecular weight is 500 g/mol. The molecular formula is C23H16BrF2N3O3. The number of amides is 1. The molecule has 0 aliphatic rings. The molecule has 0 fully saturated rings. The molecule has 0 unspecified atom stereocenters. The summed E-state index contributed by atoms with van der Waals surface area (Å²) >= 11 is 3.41. The molecule has 0 heterocycles. The first-order chi connectivity index (χ1) is 15.4. The molecule has 3 rings (SSSR count). The normalized spacial score (nSPS) is 10.6. The van der Waals surface area contributed by atoms with Crippen molar-refractivity contribution in [3.05, 3.63) is 93.0 Å². The standard InChI is InChI=1S/C23H16BrF2N3O3/c1-31-21-9-16(12-28-29-23(30)18-7-4-15(11-27)8-20(18)26)19(24)10-22(21)32-13-14-2-5-17(25)6-3-14/h2-10,12H,13H2,1H3,(H,29,30)/b28-12-. The number of carbonyl (C=O) groups is 1. The van der Waals surface area contributed by atoms with Crippen molar-refractivity contribution in [2.75, 3.05) is 7.11 Å². The van der Waals surface area contributed by atoms with Crippen LogP contribution in [0.3, 0.4) is 0 Å². The Morgan fingerprint density at radius 2 is 1.91 bits per heavy atom. The summed E-state index contributed by atoms with van der Waals surface area (Å²) in [6.07, 6.45) is 1.36. The number of hydrogen-bond acceptors (Lipinski definition) is 5. The number of benzene rings is 3. The Kier molecular flexibility index (Phi) is 7.52. The maximum absolute atomic E-state index is 13.9. The smallest absolute Gasteiger partial charge is 0.274 e. The molecule has 6 nitrogen and oxygen atoms in total. The van der Waals surface area contributed by atoms with E-state index in [4.69, 9.17) is 14.7 Å². The van der Waals surface area contributed by atoms with Crippen LogP contribution in [0.1, 0.15) is 27.0 Å². The first-order valence-corrected chi connectivity index (χ1v) is 9.98. The van der Waals surface area contributed by atoms with Gasteiger partial charge in [-0.05, 0) is 64.0 Å². The van der Waals surface area contributed by atoms with E-state index in [0.717, 1.165) is 11.6 Å². The lowest BCUT2D eigenvalue weighted by atomic mass is 10.1. The summed E-state index contributed by atoms with van der Waals surface area (Å²) in [6.45, 7) is 0.211. The molecule has 162 valence electrons. The van der Waals surface area contributed by atoms with Crippen molar-refractivity contribution in [3.8, 4) is 17.6 Å². The molecule has 0 saturated heterocycles. The lowest BCUT2D eigenvalue weighted by Crippen LogP contribution is -2.19. The van der Waals surface area contributed by atoms with E-state index in [2.05, 4.69) is 26.5 Å². The van der Waals surface area contributed by atoms with Crippen LogP contribution in [0.2, 0.25) is 0 Å². The Morgan fingerprint density at radius 3 is 2.56 bits per heavy atom. The highest BCUT2D eigenvalue weighted by Crippen LogP contribution is 2.33. The highest BCUT2D eigenvalue weighted by Gasteiger charge is 2.13. The molecule has 0 spiro atoms. The van der Waals surface area contributed by atoms with E-state index >= 15 is 0 Å². The Hall–Kier alpha value is -3.77. The lowest BCUT2D eigenvalue weighted by molar-refractivity contribution is 0.0951. The molecule has 0 saturated carbocycles. The third kappa shape index (κ3) is 5.68. The zero-order valence-electron chi connectivity index (χ0n) is 16.7. The molecule has 1 N–H and O–H groups in total. The summed E-state index contributed by atoms with van der Waals surface area (Å²) in [5.74, 6) is -1.04. The van der Waals surface area contributed by atoms with E-state index in [-0.39, 0.29) is 23.6 Å². The van der Waals surface area contributed by atoms with Gasteiger partial charge in [0.2, 0.25) is 0 Å². The highest BCUT2D eigenvalue weighted by atomic mass is 79.9. The molecule has 0 atom stereocenters. The fraction of sp³-hybridized carbons (Fsp3) is 0.0870. The van der Waals surface area contributed by atoms with E-state index in [1.54, 1.807) is 30.3 Å². The fourth-order valence-electron chi connectivity index (χ4n) is 2.65. The molecule has 1 amide bonds. The van der Waals surface area contributed by atoms with Gasteiger partial charge in [-0.1, -0.05) is 12.1 Å². The Bertz CT molecular complexity index is 1210. The van der Waals surface area contributed by atoms with Crippen molar-refractivity contribution < 1.29 is 23.0 Å². The number of hydrogen-bond donors (Lipinski definition) is 1. The maximum Gasteiger partial charge on any atom is 0.274 e. The molecular weight excluding hydrogens is 484 g/mol. The van der Waals surface area contributed by atoms with E-state index in [1.165, 1.54) is 37.6 Å². The molecule has 0 aromatic heterocycles. The van der Waals surface area contributed by atoms with Gasteiger partial charge in [0, 0.05) is 10.0 Å². The van der Waals surface area contributed by atoms with Gasteiger partial charge >= 0.3 is 0 Å². The Balaban J connectivity index is 1.70. The molecule has 3 aromatic carbocycles. The van der Waals surface area contributed by atoms with Crippen molar-refractivity contribution in [3.63, 3.8) is 0 Å². The lowest BCUT2D eigenvalue weighted by Gasteiger charge is -2.13. The molecule has 0 bridgehead atoms. The van der Waals surface area contributed by atoms with E-state index < -0.39 is 11.7 Å². The van der Waals surface area contributed by atoms with Crippen LogP contribution in [0.25, 0.3) is 0 Å². The van der Waals surface area contributed by atoms with Crippen LogP contribution in [0, 0.1) is 23.0 Å². The van der Waals surface area contributed by atoms with Gasteiger partial charge in [-0.2, -0.15) is 10.4 Å². The van der Waals surface area contributed by atoms with Crippen LogP contribution in [-0.4, -0.2) is 19.2 Å². The van der Waals surface area contributed by atoms with Crippen LogP contribution in [0.4, 0.5) is 8.78 Å². The van der Waals surface area contributed by atoms with Crippen LogP contribution in [0.5, 0.6) is 11.5 Å². The second-order valence-corrected chi connectivity index (χ2v) is 7.30. The summed E-state index contributed by atoms with van der Waals surface area (Å²) in [6, 6.07) is 14.6. The largest absolute Gasteiger partial charge is 0.493 e. The number of nitriles is 1. The van der Waals surface area contributed by atoms with Crippen LogP contribution in [-0.2, 0) is 6.61 Å². The number of nitrogens with one attached hydrogen (secondary N) is 1. The minimum Gasteiger partial charge on any atom is -0.493 e. The van der Waals surface area contributed by atoms with Crippen molar-refractivity contribution in [2.45, 2.75) is 6.61 Å². The maximum atomic E-state index is 13.9. The zero-order chi connectivity index (χ0) is 23.1. The van der Waals surface area contributed by atoms with Gasteiger partial charge in [0.1, 0.15) is 18.2 Å². The molecule has 9 heteroatoms. The van der Waals surface area contributed by atoms with Gasteiger partial charge in [-0.25, -0.2) is 14.2 Å². The van der Waals surface area contributed by atoms with Crippen molar-refractivity contribution >= 4 is 28.1 Å². The first kappa shape index (κ1) is 22.9. The predicted molar refractivity (Wildman–Crippen MR) is 118 cm³/mol. The van der Waals surface area contributed by atoms with Crippen LogP contribution in [0.15, 0.2) is 64.2 Å². The number of ether oxygens (including phenoxy) is 2. The second-order valence-electron chi connectivity index (χ2n) is 6.45. The van der Waals surface area contributed by atoms with Gasteiger partial charge in [-0.3, -0.25) is 4.79 Å². The average Bonchev–Trinajstić information content (AvgIpc) is 2.79. The number of hydrazone groups is 1. The van der Waals surface area contributed by atoms with E-state index in [9.17, 15) is 13.6 Å². The van der Waals surface area contributed by atoms with E-state index in [1.807, 2.05) is 0 Å². The summed E-state index contributed by atoms with van der Waals surface area (Å²) < 4.78 is 38.7. The zero-order valence-corrected chi connectivity index (χ0v) is 18.3. The molecule has 0 radical (unpaired) electrons. The third-order valence-electron chi connectivity index (χ3n) is 4.30. The van der Waals surface area contributed by atoms with Gasteiger partial charge in [0.15, 0.2) is 11.5 Å². The number of nitrogens with zero attached hydrogens (tertiary/aromatic N) is 2. The van der Waals surface area contributed by atoms with E-state index in [0.29, 0.717) is 21.5 Å². The highest BCUT2D eigenvalue weighted by molar-refractivity contribution is 9.10. The van der Waals surface area contributed by atoms with Gasteiger partial charge in [0.25, 0.3) is 5.91 Å². The Morgan fingerprint density at radius 1 is 1.16 bits per heavy atom. The van der Waals surface area contributed by atoms with Gasteiger partial charge in [-0.15, -0.1) is 0 Å². The minimum atomic E-state index is -0.817. The predicted octanol–water partition coefficient (Wildman–Crippen LogP) is 4.95. The summed E-state index contributed by atoms with van der Waals surface area (Å²) in [5, 5.41) is 12.6. The minimum absolute atomic E-state index is 0.111. The number of carbonyl (C=O) groups excluding carboxylic acids is 1. The molecule has 3 aromatic rings. The topological polar surface area (TPSA) is 83.7 Å². The quantitative estimate of drug-likeness (QED) is 0.368. The van der Waals surface area contributed by atoms with Crippen LogP contribution < -0.4 is 14.9 Å². The third-order valence-corrected chi connectivity index (χ3v) is 4.99. The van der Waals surface area contributed by atoms with Crippen molar-refractivity contribution in [1.29, 1.82) is 5.26 Å². The van der Waals surface area contributed by atoms with Gasteiger partial charge in [0.05, 0.1) is 30.5 Å². The first-order valence-electron chi connectivity index (χ1n) is 9.19. The summed E-state index contributed by atoms with van der Waals surface area (Å²) in [4.78, 5) is 12.1. The molecule has 0 aliphatic heterocycles. The molecule has 32 heavy (non-hydrogen) atoms. The second kappa shape index (κ2) is 10.5. The SMILES string of the molecule is COc1cc(/C=N\NC(=O)c2ccc(C#N)cc2F)c(Br)cc1OCc1ccc(F)cc1. The fourth-order valence-corrected chi connectivity index (χ4v) is 3.08. The van der Waals surface area contributed by atoms with Crippen molar-refractivity contribution in [1.82, 2.24) is 5.43 Å². The van der Waals surface area contributed by atoms with Crippen molar-refractivity contribution in [2.24, 2.45) is 5.10 Å². The summed E-state index contributed by atoms with van der Waals surface area (Å²) in [7, 11) is 1.48. The Labute approximate surface area is 191 Å². The summed E-state index contributed by atoms with van der Waals surface area (Å²) in [5.41, 5.74) is 3.47.